The number of rotatable bonds is 6. The molecule has 0 aromatic rings. The van der Waals surface area contributed by atoms with Gasteiger partial charge in [-0.1, -0.05) is 13.8 Å². The summed E-state index contributed by atoms with van der Waals surface area (Å²) < 4.78 is 0. The Hall–Kier alpha value is -0.280. The molecule has 1 amide bonds. The third-order valence-corrected chi connectivity index (χ3v) is 2.02. The molecule has 0 saturated carbocycles. The van der Waals surface area contributed by atoms with Gasteiger partial charge >= 0.3 is 0 Å². The van der Waals surface area contributed by atoms with Gasteiger partial charge in [-0.25, -0.2) is 0 Å². The van der Waals surface area contributed by atoms with Crippen LogP contribution in [-0.2, 0) is 4.79 Å². The number of alkyl halides is 1. The number of carbonyl (C=O) groups excluding carboxylic acids is 1. The number of halogens is 1. The van der Waals surface area contributed by atoms with Gasteiger partial charge < -0.3 is 10.4 Å². The van der Waals surface area contributed by atoms with Crippen molar-refractivity contribution in [2.24, 2.45) is 5.92 Å². The molecule has 0 spiro atoms. The van der Waals surface area contributed by atoms with E-state index in [1.807, 2.05) is 13.8 Å². The Kier molecular flexibility index (Phi) is 6.12. The predicted molar refractivity (Wildman–Crippen MR) is 58.4 cm³/mol. The van der Waals surface area contributed by atoms with E-state index in [1.165, 1.54) is 0 Å². The molecular weight excluding hydrogens is 202 g/mol. The lowest BCUT2D eigenvalue weighted by atomic mass is 9.94. The second kappa shape index (κ2) is 6.25. The Morgan fingerprint density at radius 1 is 1.57 bits per heavy atom. The Bertz CT molecular complexity index is 181. The first-order chi connectivity index (χ1) is 6.37. The van der Waals surface area contributed by atoms with Crippen LogP contribution in [0.4, 0.5) is 0 Å². The van der Waals surface area contributed by atoms with E-state index in [0.717, 1.165) is 0 Å². The van der Waals surface area contributed by atoms with Gasteiger partial charge in [-0.15, -0.1) is 11.6 Å². The minimum atomic E-state index is -0.823. The van der Waals surface area contributed by atoms with E-state index >= 15 is 0 Å². The van der Waals surface area contributed by atoms with Crippen molar-refractivity contribution < 1.29 is 9.90 Å². The van der Waals surface area contributed by atoms with Crippen LogP contribution in [0.15, 0.2) is 0 Å². The molecule has 4 heteroatoms. The SMILES string of the molecule is CC(C)CC(C)(O)CNC(=O)CCCl. The zero-order valence-electron chi connectivity index (χ0n) is 9.14. The van der Waals surface area contributed by atoms with Gasteiger partial charge in [0.2, 0.25) is 5.91 Å². The fraction of sp³-hybridized carbons (Fsp3) is 0.900. The molecule has 0 radical (unpaired) electrons. The van der Waals surface area contributed by atoms with Crippen LogP contribution in [0.25, 0.3) is 0 Å². The Morgan fingerprint density at radius 2 is 2.14 bits per heavy atom. The van der Waals surface area contributed by atoms with Gasteiger partial charge in [0.1, 0.15) is 0 Å². The first-order valence-corrected chi connectivity index (χ1v) is 5.46. The summed E-state index contributed by atoms with van der Waals surface area (Å²) in [5.74, 6) is 0.622. The fourth-order valence-electron chi connectivity index (χ4n) is 1.41. The third-order valence-electron chi connectivity index (χ3n) is 1.84. The number of nitrogens with one attached hydrogen (secondary N) is 1. The topological polar surface area (TPSA) is 49.3 Å². The normalized spacial score (nSPS) is 15.3. The van der Waals surface area contributed by atoms with Crippen molar-refractivity contribution in [3.63, 3.8) is 0 Å². The summed E-state index contributed by atoms with van der Waals surface area (Å²) >= 11 is 5.41. The summed E-state index contributed by atoms with van der Waals surface area (Å²) in [7, 11) is 0. The molecule has 0 aliphatic carbocycles. The molecule has 84 valence electrons. The molecule has 0 fully saturated rings. The summed E-state index contributed by atoms with van der Waals surface area (Å²) in [6, 6.07) is 0. The van der Waals surface area contributed by atoms with Gasteiger partial charge in [0, 0.05) is 18.8 Å². The van der Waals surface area contributed by atoms with Gasteiger partial charge in [0.25, 0.3) is 0 Å². The highest BCUT2D eigenvalue weighted by Gasteiger charge is 2.22. The maximum absolute atomic E-state index is 11.1. The van der Waals surface area contributed by atoms with Crippen LogP contribution in [0.3, 0.4) is 0 Å². The lowest BCUT2D eigenvalue weighted by Crippen LogP contribution is -2.41. The molecule has 2 N–H and O–H groups in total. The van der Waals surface area contributed by atoms with Crippen molar-refractivity contribution in [2.75, 3.05) is 12.4 Å². The van der Waals surface area contributed by atoms with E-state index < -0.39 is 5.60 Å². The predicted octanol–water partition coefficient (Wildman–Crippen LogP) is 1.53. The maximum Gasteiger partial charge on any atom is 0.221 e. The second-order valence-corrected chi connectivity index (χ2v) is 4.69. The van der Waals surface area contributed by atoms with Crippen LogP contribution in [0, 0.1) is 5.92 Å². The Labute approximate surface area is 90.8 Å². The highest BCUT2D eigenvalue weighted by molar-refractivity contribution is 6.18. The first kappa shape index (κ1) is 13.7. The molecular formula is C10H20ClNO2. The molecule has 0 aliphatic heterocycles. The average molecular weight is 222 g/mol. The smallest absolute Gasteiger partial charge is 0.221 e. The largest absolute Gasteiger partial charge is 0.388 e. The van der Waals surface area contributed by atoms with E-state index in [2.05, 4.69) is 5.32 Å². The number of hydrogen-bond acceptors (Lipinski definition) is 2. The van der Waals surface area contributed by atoms with Gasteiger partial charge in [0.05, 0.1) is 5.60 Å². The van der Waals surface area contributed by atoms with Crippen molar-refractivity contribution in [1.82, 2.24) is 5.32 Å². The lowest BCUT2D eigenvalue weighted by molar-refractivity contribution is -0.122. The molecule has 0 heterocycles. The second-order valence-electron chi connectivity index (χ2n) is 4.31. The van der Waals surface area contributed by atoms with Gasteiger partial charge in [0.15, 0.2) is 0 Å². The minimum Gasteiger partial charge on any atom is -0.388 e. The molecule has 1 unspecified atom stereocenters. The highest BCUT2D eigenvalue weighted by Crippen LogP contribution is 2.14. The van der Waals surface area contributed by atoms with Crippen LogP contribution in [0.1, 0.15) is 33.6 Å². The van der Waals surface area contributed by atoms with Crippen LogP contribution in [-0.4, -0.2) is 29.0 Å². The molecule has 0 bridgehead atoms. The van der Waals surface area contributed by atoms with Crippen LogP contribution in [0.2, 0.25) is 0 Å². The lowest BCUT2D eigenvalue weighted by Gasteiger charge is -2.25. The van der Waals surface area contributed by atoms with E-state index in [0.29, 0.717) is 31.2 Å². The van der Waals surface area contributed by atoms with E-state index in [-0.39, 0.29) is 5.91 Å². The van der Waals surface area contributed by atoms with Crippen LogP contribution < -0.4 is 5.32 Å². The quantitative estimate of drug-likeness (QED) is 0.669. The summed E-state index contributed by atoms with van der Waals surface area (Å²) in [6.45, 7) is 6.10. The van der Waals surface area contributed by atoms with Crippen molar-refractivity contribution in [1.29, 1.82) is 0 Å². The molecule has 0 aromatic heterocycles. The zero-order valence-corrected chi connectivity index (χ0v) is 9.90. The van der Waals surface area contributed by atoms with Crippen LogP contribution >= 0.6 is 11.6 Å². The summed E-state index contributed by atoms with van der Waals surface area (Å²) in [6.07, 6.45) is 0.980. The van der Waals surface area contributed by atoms with Crippen molar-refractivity contribution >= 4 is 17.5 Å². The Morgan fingerprint density at radius 3 is 2.57 bits per heavy atom. The number of aliphatic hydroxyl groups is 1. The van der Waals surface area contributed by atoms with Gasteiger partial charge in [-0.2, -0.15) is 0 Å². The number of amides is 1. The monoisotopic (exact) mass is 221 g/mol. The molecule has 14 heavy (non-hydrogen) atoms. The molecule has 1 atom stereocenters. The first-order valence-electron chi connectivity index (χ1n) is 4.92. The van der Waals surface area contributed by atoms with E-state index in [1.54, 1.807) is 6.92 Å². The van der Waals surface area contributed by atoms with Crippen LogP contribution in [0.5, 0.6) is 0 Å². The number of carbonyl (C=O) groups is 1. The summed E-state index contributed by atoms with van der Waals surface area (Å²) in [5.41, 5.74) is -0.823. The van der Waals surface area contributed by atoms with E-state index in [9.17, 15) is 9.90 Å². The van der Waals surface area contributed by atoms with Gasteiger partial charge in [-0.3, -0.25) is 4.79 Å². The van der Waals surface area contributed by atoms with Crippen molar-refractivity contribution in [3.05, 3.63) is 0 Å². The molecule has 3 nitrogen and oxygen atoms in total. The maximum atomic E-state index is 11.1. The average Bonchev–Trinajstić information content (AvgIpc) is 1.99. The standard InChI is InChI=1S/C10H20ClNO2/c1-8(2)6-10(3,14)7-12-9(13)4-5-11/h8,14H,4-7H2,1-3H3,(H,12,13). The summed E-state index contributed by atoms with van der Waals surface area (Å²) in [5, 5.41) is 12.5. The molecule has 0 saturated heterocycles. The fourth-order valence-corrected chi connectivity index (χ4v) is 1.59. The van der Waals surface area contributed by atoms with Crippen molar-refractivity contribution in [2.45, 2.75) is 39.2 Å². The molecule has 0 aromatic carbocycles. The Balaban J connectivity index is 3.80. The van der Waals surface area contributed by atoms with E-state index in [4.69, 9.17) is 11.6 Å². The summed E-state index contributed by atoms with van der Waals surface area (Å²) in [4.78, 5) is 11.1. The van der Waals surface area contributed by atoms with Gasteiger partial charge in [-0.05, 0) is 19.3 Å². The number of hydrogen-bond donors (Lipinski definition) is 2. The zero-order chi connectivity index (χ0) is 11.2. The van der Waals surface area contributed by atoms with Crippen molar-refractivity contribution in [3.8, 4) is 0 Å². The molecule has 0 rings (SSSR count). The minimum absolute atomic E-state index is 0.107. The third kappa shape index (κ3) is 7.15. The highest BCUT2D eigenvalue weighted by atomic mass is 35.5. The molecule has 0 aliphatic rings.